The van der Waals surface area contributed by atoms with E-state index in [9.17, 15) is 22.4 Å². The number of amides is 1. The molecule has 128 valence electrons. The van der Waals surface area contributed by atoms with Gasteiger partial charge in [-0.1, -0.05) is 15.9 Å². The van der Waals surface area contributed by atoms with Crippen molar-refractivity contribution in [1.82, 2.24) is 9.88 Å². The zero-order valence-electron chi connectivity index (χ0n) is 13.3. The number of halogens is 5. The van der Waals surface area contributed by atoms with Gasteiger partial charge in [-0.3, -0.25) is 9.78 Å². The van der Waals surface area contributed by atoms with Crippen LogP contribution in [0.15, 0.2) is 34.9 Å². The average molecular weight is 413 g/mol. The summed E-state index contributed by atoms with van der Waals surface area (Å²) in [6.07, 6.45) is -3.23. The average Bonchev–Trinajstić information content (AvgIpc) is 2.69. The second-order valence-electron chi connectivity index (χ2n) is 6.26. The number of rotatable bonds is 2. The molecule has 0 saturated heterocycles. The predicted molar refractivity (Wildman–Crippen MR) is 92.0 cm³/mol. The molecule has 1 aromatic heterocycles. The first-order chi connectivity index (χ1) is 11.5. The summed E-state index contributed by atoms with van der Waals surface area (Å²) in [5.74, 6) is -1.49. The molecule has 25 heavy (non-hydrogen) atoms. The van der Waals surface area contributed by atoms with Gasteiger partial charge in [0.1, 0.15) is 21.5 Å². The number of carbonyl (C=O) groups is 1. The van der Waals surface area contributed by atoms with Crippen LogP contribution in [-0.2, 0) is 18.1 Å². The maximum atomic E-state index is 14.3. The van der Waals surface area contributed by atoms with E-state index >= 15 is 0 Å². The minimum atomic E-state index is -4.74. The van der Waals surface area contributed by atoms with Gasteiger partial charge >= 0.3 is 6.18 Å². The summed E-state index contributed by atoms with van der Waals surface area (Å²) in [5, 5.41) is -0.948. The van der Waals surface area contributed by atoms with Gasteiger partial charge in [0.15, 0.2) is 0 Å². The van der Waals surface area contributed by atoms with Crippen LogP contribution in [0.2, 0.25) is 0 Å². The molecule has 0 radical (unpaired) electrons. The van der Waals surface area contributed by atoms with Crippen LogP contribution in [-0.4, -0.2) is 31.5 Å². The SMILES string of the molecule is BC1(B)c2ncccc2C(=O)N1Cc1c(F)cc(Br)cc1C(F)(F)F. The van der Waals surface area contributed by atoms with E-state index in [0.717, 1.165) is 12.1 Å². The van der Waals surface area contributed by atoms with E-state index < -0.39 is 40.9 Å². The maximum absolute atomic E-state index is 14.3. The number of nitrogens with zero attached hydrogens (tertiary/aromatic N) is 2. The van der Waals surface area contributed by atoms with E-state index in [1.54, 1.807) is 27.8 Å². The van der Waals surface area contributed by atoms with Gasteiger partial charge in [-0.05, 0) is 24.3 Å². The Hall–Kier alpha value is -1.83. The molecule has 1 aliphatic rings. The zero-order chi connectivity index (χ0) is 18.6. The smallest absolute Gasteiger partial charge is 0.339 e. The zero-order valence-corrected chi connectivity index (χ0v) is 14.9. The molecule has 0 saturated carbocycles. The Morgan fingerprint density at radius 1 is 1.28 bits per heavy atom. The van der Waals surface area contributed by atoms with Gasteiger partial charge in [-0.2, -0.15) is 13.2 Å². The highest BCUT2D eigenvalue weighted by atomic mass is 79.9. The number of hydrogen-bond donors (Lipinski definition) is 0. The summed E-state index contributed by atoms with van der Waals surface area (Å²) in [6.45, 7) is -0.504. The maximum Gasteiger partial charge on any atom is 0.416 e. The van der Waals surface area contributed by atoms with E-state index in [1.165, 1.54) is 11.1 Å². The van der Waals surface area contributed by atoms with Crippen molar-refractivity contribution in [2.75, 3.05) is 0 Å². The van der Waals surface area contributed by atoms with Crippen molar-refractivity contribution >= 4 is 37.5 Å². The first-order valence-corrected chi connectivity index (χ1v) is 8.15. The Kier molecular flexibility index (Phi) is 4.21. The fourth-order valence-corrected chi connectivity index (χ4v) is 3.47. The van der Waals surface area contributed by atoms with Crippen LogP contribution in [0, 0.1) is 5.82 Å². The Bertz CT molecular complexity index is 873. The Morgan fingerprint density at radius 2 is 1.96 bits per heavy atom. The molecule has 0 spiro atoms. The molecule has 0 aliphatic carbocycles. The first-order valence-electron chi connectivity index (χ1n) is 7.36. The minimum absolute atomic E-state index is 0.0157. The lowest BCUT2D eigenvalue weighted by Crippen LogP contribution is -2.45. The van der Waals surface area contributed by atoms with Crippen LogP contribution >= 0.6 is 15.9 Å². The second-order valence-corrected chi connectivity index (χ2v) is 7.18. The first kappa shape index (κ1) is 18.0. The van der Waals surface area contributed by atoms with E-state index in [4.69, 9.17) is 0 Å². The number of carbonyl (C=O) groups excluding carboxylic acids is 1. The van der Waals surface area contributed by atoms with Gasteiger partial charge in [0, 0.05) is 28.1 Å². The largest absolute Gasteiger partial charge is 0.416 e. The lowest BCUT2D eigenvalue weighted by atomic mass is 9.59. The highest BCUT2D eigenvalue weighted by Gasteiger charge is 2.45. The van der Waals surface area contributed by atoms with Gasteiger partial charge < -0.3 is 4.90 Å². The molecule has 1 amide bonds. The van der Waals surface area contributed by atoms with Crippen LogP contribution in [0.1, 0.15) is 27.2 Å². The number of benzene rings is 1. The molecular formula is C15H11B2BrF4N2O. The van der Waals surface area contributed by atoms with Gasteiger partial charge in [0.05, 0.1) is 16.8 Å². The van der Waals surface area contributed by atoms with Crippen molar-refractivity contribution in [3.05, 3.63) is 63.1 Å². The second kappa shape index (κ2) is 5.86. The summed E-state index contributed by atoms with van der Waals surface area (Å²) in [7, 11) is 3.35. The van der Waals surface area contributed by atoms with Crippen LogP contribution in [0.4, 0.5) is 17.6 Å². The van der Waals surface area contributed by atoms with Crippen LogP contribution < -0.4 is 0 Å². The van der Waals surface area contributed by atoms with Gasteiger partial charge in [0.2, 0.25) is 0 Å². The van der Waals surface area contributed by atoms with E-state index in [0.29, 0.717) is 11.3 Å². The third kappa shape index (κ3) is 2.96. The third-order valence-corrected chi connectivity index (χ3v) is 4.78. The van der Waals surface area contributed by atoms with Crippen molar-refractivity contribution in [1.29, 1.82) is 0 Å². The molecule has 10 heteroatoms. The van der Waals surface area contributed by atoms with Crippen molar-refractivity contribution in [2.45, 2.75) is 18.1 Å². The molecule has 0 bridgehead atoms. The topological polar surface area (TPSA) is 33.2 Å². The van der Waals surface area contributed by atoms with Gasteiger partial charge in [0.25, 0.3) is 5.91 Å². The molecule has 3 rings (SSSR count). The minimum Gasteiger partial charge on any atom is -0.339 e. The highest BCUT2D eigenvalue weighted by molar-refractivity contribution is 9.10. The summed E-state index contributed by atoms with van der Waals surface area (Å²) >= 11 is 2.88. The number of pyridine rings is 1. The van der Waals surface area contributed by atoms with Crippen molar-refractivity contribution < 1.29 is 22.4 Å². The Morgan fingerprint density at radius 3 is 2.56 bits per heavy atom. The van der Waals surface area contributed by atoms with Crippen LogP contribution in [0.5, 0.6) is 0 Å². The number of alkyl halides is 3. The molecule has 1 aromatic carbocycles. The lowest BCUT2D eigenvalue weighted by molar-refractivity contribution is -0.138. The molecule has 3 nitrogen and oxygen atoms in total. The normalized spacial score (nSPS) is 16.2. The predicted octanol–water partition coefficient (Wildman–Crippen LogP) is 2.03. The summed E-state index contributed by atoms with van der Waals surface area (Å²) in [5.41, 5.74) is -0.888. The van der Waals surface area contributed by atoms with Crippen LogP contribution in [0.3, 0.4) is 0 Å². The Balaban J connectivity index is 2.09. The van der Waals surface area contributed by atoms with E-state index in [2.05, 4.69) is 20.9 Å². The third-order valence-electron chi connectivity index (χ3n) is 4.32. The molecule has 0 atom stereocenters. The van der Waals surface area contributed by atoms with Gasteiger partial charge in [-0.15, -0.1) is 0 Å². The van der Waals surface area contributed by atoms with Crippen molar-refractivity contribution in [3.8, 4) is 0 Å². The monoisotopic (exact) mass is 412 g/mol. The highest BCUT2D eigenvalue weighted by Crippen LogP contribution is 2.39. The molecule has 0 unspecified atom stereocenters. The van der Waals surface area contributed by atoms with E-state index in [-0.39, 0.29) is 4.47 Å². The molecular weight excluding hydrogens is 402 g/mol. The van der Waals surface area contributed by atoms with Crippen molar-refractivity contribution in [3.63, 3.8) is 0 Å². The molecule has 0 N–H and O–H groups in total. The van der Waals surface area contributed by atoms with E-state index in [1.807, 2.05) is 0 Å². The number of hydrogen-bond acceptors (Lipinski definition) is 2. The quantitative estimate of drug-likeness (QED) is 0.558. The van der Waals surface area contributed by atoms with Crippen molar-refractivity contribution in [2.24, 2.45) is 0 Å². The molecule has 0 fully saturated rings. The lowest BCUT2D eigenvalue weighted by Gasteiger charge is -2.33. The molecule has 1 aliphatic heterocycles. The molecule has 2 aromatic rings. The summed E-state index contributed by atoms with van der Waals surface area (Å²) in [4.78, 5) is 18.0. The standard InChI is InChI=1S/C15H11B2BrF4N2O/c16-14(17)12-8(2-1-3-23-12)13(25)24(14)6-9-10(15(20,21)22)4-7(18)5-11(9)19/h1-5H,6,16-17H2. The fraction of sp³-hybridized carbons (Fsp3) is 0.200. The summed E-state index contributed by atoms with van der Waals surface area (Å²) in [6, 6.07) is 4.92. The van der Waals surface area contributed by atoms with Gasteiger partial charge in [-0.25, -0.2) is 4.39 Å². The number of aromatic nitrogens is 1. The Labute approximate surface area is 151 Å². The fourth-order valence-electron chi connectivity index (χ4n) is 3.04. The summed E-state index contributed by atoms with van der Waals surface area (Å²) < 4.78 is 54.3. The van der Waals surface area contributed by atoms with Crippen LogP contribution in [0.25, 0.3) is 0 Å². The number of fused-ring (bicyclic) bond motifs is 1. The molecule has 2 heterocycles.